The maximum absolute atomic E-state index is 11.6. The second-order valence-corrected chi connectivity index (χ2v) is 5.31. The van der Waals surface area contributed by atoms with Gasteiger partial charge in [-0.15, -0.1) is 0 Å². The SMILES string of the molecule is [B]C1C=CC(OCP(=O)(OC)OC)C1. The van der Waals surface area contributed by atoms with Gasteiger partial charge in [0, 0.05) is 14.2 Å². The molecule has 4 nitrogen and oxygen atoms in total. The van der Waals surface area contributed by atoms with Crippen molar-refractivity contribution in [3.63, 3.8) is 0 Å². The first kappa shape index (κ1) is 12.0. The van der Waals surface area contributed by atoms with E-state index in [-0.39, 0.29) is 18.3 Å². The van der Waals surface area contributed by atoms with Crippen LogP contribution in [0, 0.1) is 0 Å². The van der Waals surface area contributed by atoms with Crippen molar-refractivity contribution in [2.75, 3.05) is 20.6 Å². The predicted octanol–water partition coefficient (Wildman–Crippen LogP) is 1.73. The van der Waals surface area contributed by atoms with E-state index in [0.717, 1.165) is 0 Å². The van der Waals surface area contributed by atoms with Crippen molar-refractivity contribution >= 4 is 15.4 Å². The molecule has 0 aromatic rings. The summed E-state index contributed by atoms with van der Waals surface area (Å²) in [7, 11) is 5.26. The first-order valence-corrected chi connectivity index (χ1v) is 6.08. The van der Waals surface area contributed by atoms with Crippen molar-refractivity contribution in [3.05, 3.63) is 12.2 Å². The van der Waals surface area contributed by atoms with E-state index in [1.165, 1.54) is 14.2 Å². The maximum Gasteiger partial charge on any atom is 0.355 e. The molecule has 0 aromatic carbocycles. The Morgan fingerprint density at radius 3 is 2.50 bits per heavy atom. The fourth-order valence-electron chi connectivity index (χ4n) is 1.18. The molecule has 0 aromatic heterocycles. The molecule has 14 heavy (non-hydrogen) atoms. The summed E-state index contributed by atoms with van der Waals surface area (Å²) in [4.78, 5) is 0. The fourth-order valence-corrected chi connectivity index (χ4v) is 1.92. The Bertz CT molecular complexity index is 248. The van der Waals surface area contributed by atoms with Gasteiger partial charge in [-0.05, 0) is 6.42 Å². The van der Waals surface area contributed by atoms with Crippen LogP contribution >= 0.6 is 7.60 Å². The smallest absolute Gasteiger partial charge is 0.355 e. The summed E-state index contributed by atoms with van der Waals surface area (Å²) in [5, 5.41) is 0. The molecule has 1 aliphatic carbocycles. The Balaban J connectivity index is 2.33. The van der Waals surface area contributed by atoms with Crippen LogP contribution in [0.4, 0.5) is 0 Å². The quantitative estimate of drug-likeness (QED) is 0.398. The number of rotatable bonds is 5. The molecule has 6 heteroatoms. The summed E-state index contributed by atoms with van der Waals surface area (Å²) in [6.07, 6.45) is 4.33. The molecule has 2 atom stereocenters. The Morgan fingerprint density at radius 2 is 2.07 bits per heavy atom. The lowest BCUT2D eigenvalue weighted by Gasteiger charge is -2.16. The molecule has 0 fully saturated rings. The van der Waals surface area contributed by atoms with Crippen LogP contribution in [0.2, 0.25) is 5.82 Å². The molecule has 1 rings (SSSR count). The minimum Gasteiger partial charge on any atom is -0.362 e. The van der Waals surface area contributed by atoms with Crippen LogP contribution in [0.15, 0.2) is 12.2 Å². The molecule has 0 amide bonds. The van der Waals surface area contributed by atoms with Crippen LogP contribution in [-0.4, -0.2) is 34.5 Å². The monoisotopic (exact) mass is 216 g/mol. The van der Waals surface area contributed by atoms with E-state index in [1.807, 2.05) is 12.2 Å². The van der Waals surface area contributed by atoms with Crippen molar-refractivity contribution in [1.82, 2.24) is 0 Å². The Morgan fingerprint density at radius 1 is 1.43 bits per heavy atom. The average Bonchev–Trinajstić information content (AvgIpc) is 2.61. The lowest BCUT2D eigenvalue weighted by Crippen LogP contribution is -2.10. The molecular formula is C8H14BO4P. The number of hydrogen-bond acceptors (Lipinski definition) is 4. The van der Waals surface area contributed by atoms with Gasteiger partial charge < -0.3 is 13.8 Å². The summed E-state index contributed by atoms with van der Waals surface area (Å²) < 4.78 is 26.4. The molecule has 0 spiro atoms. The van der Waals surface area contributed by atoms with Gasteiger partial charge >= 0.3 is 7.60 Å². The molecule has 0 saturated heterocycles. The second-order valence-electron chi connectivity index (χ2n) is 3.09. The van der Waals surface area contributed by atoms with Crippen LogP contribution < -0.4 is 0 Å². The second kappa shape index (κ2) is 5.12. The van der Waals surface area contributed by atoms with Gasteiger partial charge in [0.05, 0.1) is 14.0 Å². The lowest BCUT2D eigenvalue weighted by atomic mass is 9.87. The van der Waals surface area contributed by atoms with Crippen molar-refractivity contribution < 1.29 is 18.3 Å². The van der Waals surface area contributed by atoms with E-state index in [9.17, 15) is 4.57 Å². The van der Waals surface area contributed by atoms with Crippen molar-refractivity contribution in [2.45, 2.75) is 18.3 Å². The minimum absolute atomic E-state index is 0.0319. The van der Waals surface area contributed by atoms with Gasteiger partial charge in [-0.2, -0.15) is 0 Å². The van der Waals surface area contributed by atoms with Gasteiger partial charge in [0.1, 0.15) is 6.35 Å². The normalized spacial score (nSPS) is 27.0. The topological polar surface area (TPSA) is 44.8 Å². The van der Waals surface area contributed by atoms with Crippen LogP contribution in [0.25, 0.3) is 0 Å². The third-order valence-corrected chi connectivity index (χ3v) is 3.66. The van der Waals surface area contributed by atoms with Crippen LogP contribution in [0.3, 0.4) is 0 Å². The zero-order chi connectivity index (χ0) is 10.6. The summed E-state index contributed by atoms with van der Waals surface area (Å²) >= 11 is 0. The van der Waals surface area contributed by atoms with Crippen molar-refractivity contribution in [2.24, 2.45) is 0 Å². The zero-order valence-electron chi connectivity index (χ0n) is 8.38. The first-order valence-electron chi connectivity index (χ1n) is 4.35. The minimum atomic E-state index is -3.05. The molecule has 1 aliphatic rings. The average molecular weight is 216 g/mol. The molecule has 2 unspecified atom stereocenters. The number of ether oxygens (including phenoxy) is 1. The van der Waals surface area contributed by atoms with Gasteiger partial charge in [-0.25, -0.2) is 0 Å². The van der Waals surface area contributed by atoms with E-state index in [0.29, 0.717) is 6.42 Å². The van der Waals surface area contributed by atoms with E-state index in [4.69, 9.17) is 21.6 Å². The highest BCUT2D eigenvalue weighted by molar-refractivity contribution is 7.53. The summed E-state index contributed by atoms with van der Waals surface area (Å²) in [6, 6.07) is 0. The lowest BCUT2D eigenvalue weighted by molar-refractivity contribution is 0.101. The van der Waals surface area contributed by atoms with Gasteiger partial charge in [0.25, 0.3) is 0 Å². The maximum atomic E-state index is 11.6. The van der Waals surface area contributed by atoms with Gasteiger partial charge in [-0.1, -0.05) is 18.0 Å². The van der Waals surface area contributed by atoms with Crippen molar-refractivity contribution in [1.29, 1.82) is 0 Å². The molecule has 78 valence electrons. The summed E-state index contributed by atoms with van der Waals surface area (Å²) in [5.41, 5.74) is 0. The number of allylic oxidation sites excluding steroid dienone is 1. The number of hydrogen-bond donors (Lipinski definition) is 0. The Hall–Kier alpha value is -0.0851. The third kappa shape index (κ3) is 3.25. The van der Waals surface area contributed by atoms with Gasteiger partial charge in [-0.3, -0.25) is 4.57 Å². The van der Waals surface area contributed by atoms with Crippen molar-refractivity contribution in [3.8, 4) is 0 Å². The fraction of sp³-hybridized carbons (Fsp3) is 0.750. The Kier molecular flexibility index (Phi) is 4.39. The molecular weight excluding hydrogens is 202 g/mol. The van der Waals surface area contributed by atoms with Gasteiger partial charge in [0.15, 0.2) is 0 Å². The highest BCUT2D eigenvalue weighted by atomic mass is 31.2. The van der Waals surface area contributed by atoms with Crippen LogP contribution in [0.5, 0.6) is 0 Å². The highest BCUT2D eigenvalue weighted by Crippen LogP contribution is 2.46. The predicted molar refractivity (Wildman–Crippen MR) is 54.6 cm³/mol. The molecule has 0 N–H and O–H groups in total. The molecule has 0 heterocycles. The van der Waals surface area contributed by atoms with Crippen LogP contribution in [0.1, 0.15) is 6.42 Å². The van der Waals surface area contributed by atoms with E-state index in [2.05, 4.69) is 0 Å². The molecule has 0 aliphatic heterocycles. The molecule has 0 bridgehead atoms. The Labute approximate surface area is 85.6 Å². The standard InChI is InChI=1S/C8H14BO4P/c1-11-14(10,12-2)6-13-8-4-3-7(9)5-8/h3-4,7-8H,5-6H2,1-2H3. The largest absolute Gasteiger partial charge is 0.362 e. The zero-order valence-corrected chi connectivity index (χ0v) is 9.28. The van der Waals surface area contributed by atoms with E-state index in [1.54, 1.807) is 0 Å². The van der Waals surface area contributed by atoms with E-state index >= 15 is 0 Å². The van der Waals surface area contributed by atoms with E-state index < -0.39 is 7.60 Å². The van der Waals surface area contributed by atoms with Crippen LogP contribution in [-0.2, 0) is 18.3 Å². The highest BCUT2D eigenvalue weighted by Gasteiger charge is 2.24. The molecule has 2 radical (unpaired) electrons. The first-order chi connectivity index (χ1) is 6.59. The summed E-state index contributed by atoms with van der Waals surface area (Å²) in [6.45, 7) is 0. The van der Waals surface area contributed by atoms with Gasteiger partial charge in [0.2, 0.25) is 0 Å². The molecule has 0 saturated carbocycles. The summed E-state index contributed by atoms with van der Waals surface area (Å²) in [5.74, 6) is 0.0319. The third-order valence-electron chi connectivity index (χ3n) is 2.08.